The fourth-order valence-corrected chi connectivity index (χ4v) is 4.15. The monoisotopic (exact) mass is 338 g/mol. The molecule has 0 N–H and O–H groups in total. The van der Waals surface area contributed by atoms with Gasteiger partial charge in [0.15, 0.2) is 5.03 Å². The van der Waals surface area contributed by atoms with Gasteiger partial charge in [0.05, 0.1) is 4.90 Å². The number of fused-ring (bicyclic) bond motifs is 2. The van der Waals surface area contributed by atoms with E-state index in [4.69, 9.17) is 0 Å². The minimum atomic E-state index is -3.75. The van der Waals surface area contributed by atoms with E-state index >= 15 is 0 Å². The molecule has 2 aromatic heterocycles. The van der Waals surface area contributed by atoms with Crippen molar-refractivity contribution < 1.29 is 8.42 Å². The van der Waals surface area contributed by atoms with Gasteiger partial charge in [-0.1, -0.05) is 30.3 Å². The molecule has 0 amide bonds. The molecule has 0 saturated carbocycles. The zero-order valence-corrected chi connectivity index (χ0v) is 13.9. The zero-order valence-electron chi connectivity index (χ0n) is 13.1. The van der Waals surface area contributed by atoms with Gasteiger partial charge in [-0.2, -0.15) is 9.50 Å². The lowest BCUT2D eigenvalue weighted by atomic mass is 10.1. The van der Waals surface area contributed by atoms with Crippen LogP contribution in [0.1, 0.15) is 11.5 Å². The van der Waals surface area contributed by atoms with Crippen molar-refractivity contribution in [3.05, 3.63) is 60.0 Å². The number of aryl methyl sites for hydroxylation is 2. The van der Waals surface area contributed by atoms with Crippen LogP contribution >= 0.6 is 0 Å². The molecule has 120 valence electrons. The predicted octanol–water partition coefficient (Wildman–Crippen LogP) is 2.73. The SMILES string of the molecule is Cc1cc(S(=O)(=O)c2ccc3ccccc3c2)n2nc(C)nc2n1. The van der Waals surface area contributed by atoms with E-state index < -0.39 is 9.84 Å². The summed E-state index contributed by atoms with van der Waals surface area (Å²) in [7, 11) is -3.75. The molecule has 4 aromatic rings. The van der Waals surface area contributed by atoms with Crippen molar-refractivity contribution in [1.29, 1.82) is 0 Å². The Hall–Kier alpha value is -2.80. The summed E-state index contributed by atoms with van der Waals surface area (Å²) in [4.78, 5) is 8.63. The maximum Gasteiger partial charge on any atom is 0.253 e. The molecular formula is C17H14N4O2S. The largest absolute Gasteiger partial charge is 0.253 e. The van der Waals surface area contributed by atoms with Crippen LogP contribution in [0.3, 0.4) is 0 Å². The third-order valence-electron chi connectivity index (χ3n) is 3.82. The third-order valence-corrected chi connectivity index (χ3v) is 5.54. The standard InChI is InChI=1S/C17H14N4O2S/c1-11-9-16(21-17(18-11)19-12(2)20-21)24(22,23)15-8-7-13-5-3-4-6-14(13)10-15/h3-10H,1-2H3. The summed E-state index contributed by atoms with van der Waals surface area (Å²) in [5.41, 5.74) is 0.578. The first kappa shape index (κ1) is 14.8. The Morgan fingerprint density at radius 3 is 2.46 bits per heavy atom. The summed E-state index contributed by atoms with van der Waals surface area (Å²) in [6, 6.07) is 14.3. The van der Waals surface area contributed by atoms with Crippen LogP contribution < -0.4 is 0 Å². The lowest BCUT2D eigenvalue weighted by Gasteiger charge is -2.08. The summed E-state index contributed by atoms with van der Waals surface area (Å²) < 4.78 is 27.6. The quantitative estimate of drug-likeness (QED) is 0.525. The molecule has 2 aromatic carbocycles. The Kier molecular flexibility index (Phi) is 3.14. The molecule has 0 aliphatic rings. The molecule has 24 heavy (non-hydrogen) atoms. The van der Waals surface area contributed by atoms with Crippen molar-refractivity contribution in [3.63, 3.8) is 0 Å². The lowest BCUT2D eigenvalue weighted by molar-refractivity contribution is 0.586. The first-order valence-corrected chi connectivity index (χ1v) is 8.88. The van der Waals surface area contributed by atoms with E-state index in [0.717, 1.165) is 10.8 Å². The van der Waals surface area contributed by atoms with E-state index in [0.29, 0.717) is 11.5 Å². The van der Waals surface area contributed by atoms with E-state index in [9.17, 15) is 8.42 Å². The van der Waals surface area contributed by atoms with E-state index in [1.165, 1.54) is 10.6 Å². The average Bonchev–Trinajstić information content (AvgIpc) is 2.93. The van der Waals surface area contributed by atoms with Gasteiger partial charge in [-0.15, -0.1) is 5.10 Å². The Morgan fingerprint density at radius 2 is 1.67 bits per heavy atom. The second-order valence-corrected chi connectivity index (χ2v) is 7.52. The van der Waals surface area contributed by atoms with Gasteiger partial charge in [0, 0.05) is 5.69 Å². The highest BCUT2D eigenvalue weighted by Gasteiger charge is 2.23. The molecule has 7 heteroatoms. The summed E-state index contributed by atoms with van der Waals surface area (Å²) >= 11 is 0. The Morgan fingerprint density at radius 1 is 0.917 bits per heavy atom. The number of nitrogens with zero attached hydrogens (tertiary/aromatic N) is 4. The fourth-order valence-electron chi connectivity index (χ4n) is 2.70. The Bertz CT molecular complexity index is 1200. The van der Waals surface area contributed by atoms with Crippen molar-refractivity contribution in [2.24, 2.45) is 0 Å². The molecule has 4 rings (SSSR count). The van der Waals surface area contributed by atoms with Gasteiger partial charge in [-0.25, -0.2) is 13.4 Å². The van der Waals surface area contributed by atoms with Crippen LogP contribution in [-0.4, -0.2) is 28.0 Å². The molecule has 0 fully saturated rings. The summed E-state index contributed by atoms with van der Waals surface area (Å²) in [6.45, 7) is 3.44. The first-order valence-electron chi connectivity index (χ1n) is 7.40. The molecule has 0 bridgehead atoms. The van der Waals surface area contributed by atoms with Crippen LogP contribution in [0.25, 0.3) is 16.6 Å². The van der Waals surface area contributed by atoms with Crippen LogP contribution in [0, 0.1) is 13.8 Å². The normalized spacial score (nSPS) is 12.1. The molecular weight excluding hydrogens is 324 g/mol. The van der Waals surface area contributed by atoms with Crippen molar-refractivity contribution in [1.82, 2.24) is 19.6 Å². The van der Waals surface area contributed by atoms with Gasteiger partial charge in [0.1, 0.15) is 5.82 Å². The van der Waals surface area contributed by atoms with E-state index in [1.54, 1.807) is 32.0 Å². The van der Waals surface area contributed by atoms with Crippen molar-refractivity contribution in [2.75, 3.05) is 0 Å². The molecule has 0 unspecified atom stereocenters. The smallest absolute Gasteiger partial charge is 0.217 e. The van der Waals surface area contributed by atoms with Gasteiger partial charge in [-0.3, -0.25) is 0 Å². The number of benzene rings is 2. The van der Waals surface area contributed by atoms with Gasteiger partial charge in [-0.05, 0) is 42.8 Å². The van der Waals surface area contributed by atoms with Crippen LogP contribution in [-0.2, 0) is 9.84 Å². The molecule has 6 nitrogen and oxygen atoms in total. The highest BCUT2D eigenvalue weighted by atomic mass is 32.2. The molecule has 0 aliphatic carbocycles. The average molecular weight is 338 g/mol. The Labute approximate surface area is 138 Å². The minimum absolute atomic E-state index is 0.0703. The number of hydrogen-bond acceptors (Lipinski definition) is 5. The second kappa shape index (κ2) is 5.10. The van der Waals surface area contributed by atoms with Crippen LogP contribution in [0.5, 0.6) is 0 Å². The fraction of sp³-hybridized carbons (Fsp3) is 0.118. The number of aromatic nitrogens is 4. The summed E-state index contributed by atoms with van der Waals surface area (Å²) in [5.74, 6) is 0.759. The highest BCUT2D eigenvalue weighted by molar-refractivity contribution is 7.91. The highest BCUT2D eigenvalue weighted by Crippen LogP contribution is 2.25. The van der Waals surface area contributed by atoms with Crippen LogP contribution in [0.2, 0.25) is 0 Å². The Balaban J connectivity index is 2.00. The van der Waals surface area contributed by atoms with Crippen molar-refractivity contribution in [2.45, 2.75) is 23.8 Å². The van der Waals surface area contributed by atoms with E-state index in [1.807, 2.05) is 24.3 Å². The lowest BCUT2D eigenvalue weighted by Crippen LogP contribution is -2.10. The van der Waals surface area contributed by atoms with Crippen molar-refractivity contribution >= 4 is 26.4 Å². The van der Waals surface area contributed by atoms with Gasteiger partial charge >= 0.3 is 0 Å². The molecule has 2 heterocycles. The number of hydrogen-bond donors (Lipinski definition) is 0. The van der Waals surface area contributed by atoms with E-state index in [-0.39, 0.29) is 15.7 Å². The maximum absolute atomic E-state index is 13.1. The topological polar surface area (TPSA) is 77.2 Å². The second-order valence-electron chi connectivity index (χ2n) is 5.62. The van der Waals surface area contributed by atoms with Gasteiger partial charge in [0.2, 0.25) is 9.84 Å². The molecule has 0 aliphatic heterocycles. The summed E-state index contributed by atoms with van der Waals surface area (Å²) in [6.07, 6.45) is 0. The molecule has 0 saturated heterocycles. The zero-order chi connectivity index (χ0) is 16.9. The molecule has 0 atom stereocenters. The van der Waals surface area contributed by atoms with E-state index in [2.05, 4.69) is 15.1 Å². The van der Waals surface area contributed by atoms with Crippen molar-refractivity contribution in [3.8, 4) is 0 Å². The molecule has 0 spiro atoms. The summed E-state index contributed by atoms with van der Waals surface area (Å²) in [5, 5.41) is 6.10. The third kappa shape index (κ3) is 2.25. The number of rotatable bonds is 2. The van der Waals surface area contributed by atoms with Crippen LogP contribution in [0.15, 0.2) is 58.5 Å². The minimum Gasteiger partial charge on any atom is -0.217 e. The van der Waals surface area contributed by atoms with Gasteiger partial charge < -0.3 is 0 Å². The maximum atomic E-state index is 13.1. The predicted molar refractivity (Wildman–Crippen MR) is 89.7 cm³/mol. The van der Waals surface area contributed by atoms with Crippen LogP contribution in [0.4, 0.5) is 0 Å². The molecule has 0 radical (unpaired) electrons. The van der Waals surface area contributed by atoms with Gasteiger partial charge in [0.25, 0.3) is 5.78 Å². The number of sulfone groups is 1. The first-order chi connectivity index (χ1) is 11.4.